The number of aromatic amines is 1. The van der Waals surface area contributed by atoms with Crippen LogP contribution in [0.3, 0.4) is 0 Å². The van der Waals surface area contributed by atoms with Crippen LogP contribution >= 0.6 is 11.8 Å². The molecular formula is C22H28AlN3O2S. The number of rotatable bonds is 5. The summed E-state index contributed by atoms with van der Waals surface area (Å²) in [6, 6.07) is 17.9. The second-order valence-corrected chi connectivity index (χ2v) is 11.5. The molecule has 0 radical (unpaired) electrons. The van der Waals surface area contributed by atoms with E-state index in [-0.39, 0.29) is 20.1 Å². The van der Waals surface area contributed by atoms with Gasteiger partial charge in [0.2, 0.25) is 0 Å². The number of benzene rings is 2. The molecule has 1 N–H and O–H groups in total. The maximum absolute atomic E-state index is 12.6. The van der Waals surface area contributed by atoms with Crippen LogP contribution in [0.15, 0.2) is 59.5 Å². The lowest BCUT2D eigenvalue weighted by Crippen LogP contribution is -2.26. The highest BCUT2D eigenvalue weighted by Crippen LogP contribution is 2.34. The first-order valence-corrected chi connectivity index (χ1v) is 14.2. The molecule has 0 aliphatic rings. The number of thioether (sulfide) groups is 1. The van der Waals surface area contributed by atoms with Crippen LogP contribution in [0.25, 0.3) is 22.4 Å². The number of hydrogen-bond donors (Lipinski definition) is 1. The van der Waals surface area contributed by atoms with Crippen LogP contribution in [0.4, 0.5) is 0 Å². The van der Waals surface area contributed by atoms with E-state index in [2.05, 4.69) is 27.6 Å². The maximum Gasteiger partial charge on any atom is 0.295 e. The van der Waals surface area contributed by atoms with E-state index in [4.69, 9.17) is 4.84 Å². The van der Waals surface area contributed by atoms with Crippen LogP contribution in [-0.4, -0.2) is 55.7 Å². The van der Waals surface area contributed by atoms with Gasteiger partial charge in [0.25, 0.3) is 20.1 Å². The van der Waals surface area contributed by atoms with Crippen molar-refractivity contribution in [3.05, 3.63) is 60.3 Å². The topological polar surface area (TPSA) is 58.2 Å². The highest BCUT2D eigenvalue weighted by Gasteiger charge is 2.24. The molecule has 152 valence electrons. The summed E-state index contributed by atoms with van der Waals surface area (Å²) >= 11 is 1.55. The zero-order chi connectivity index (χ0) is 21.4. The summed E-state index contributed by atoms with van der Waals surface area (Å²) in [5.41, 5.74) is 3.79. The molecule has 0 saturated heterocycles. The largest absolute Gasteiger partial charge is 0.295 e. The van der Waals surface area contributed by atoms with Crippen LogP contribution in [0, 0.1) is 0 Å². The van der Waals surface area contributed by atoms with E-state index >= 15 is 0 Å². The van der Waals surface area contributed by atoms with Gasteiger partial charge in [-0.3, -0.25) is 14.7 Å². The Balaban J connectivity index is 0.000000687. The van der Waals surface area contributed by atoms with E-state index in [0.29, 0.717) is 5.69 Å². The van der Waals surface area contributed by atoms with Crippen LogP contribution in [0.5, 0.6) is 0 Å². The monoisotopic (exact) mass is 425 g/mol. The molecular weight excluding hydrogens is 397 g/mol. The quantitative estimate of drug-likeness (QED) is 0.335. The third-order valence-corrected chi connectivity index (χ3v) is 4.71. The van der Waals surface area contributed by atoms with Gasteiger partial charge in [-0.15, -0.1) is 29.1 Å². The molecule has 0 fully saturated rings. The van der Waals surface area contributed by atoms with Gasteiger partial charge in [-0.25, -0.2) is 5.06 Å². The van der Waals surface area contributed by atoms with E-state index in [1.165, 1.54) is 17.1 Å². The summed E-state index contributed by atoms with van der Waals surface area (Å²) in [6.45, 7) is 0. The third-order valence-electron chi connectivity index (χ3n) is 3.97. The number of nitrogens with one attached hydrogen (secondary N) is 1. The lowest BCUT2D eigenvalue weighted by atomic mass is 9.98. The first-order chi connectivity index (χ1) is 13.9. The summed E-state index contributed by atoms with van der Waals surface area (Å²) in [5, 5.41) is 8.49. The van der Waals surface area contributed by atoms with E-state index in [1.54, 1.807) is 18.8 Å². The highest BCUT2D eigenvalue weighted by atomic mass is 32.2. The van der Waals surface area contributed by atoms with Gasteiger partial charge >= 0.3 is 0 Å². The van der Waals surface area contributed by atoms with Crippen molar-refractivity contribution in [1.29, 1.82) is 0 Å². The standard InChI is InChI=1S/C19H19N3O2S.3CH3.Al/c1-22(24-2)19(23)18-16(13-7-5-4-6-8-13)17(20-21-18)14-9-11-15(25-3)12-10-14;;;;/h4-12H,1-3H3,(H,20,21);3*1H3;. The van der Waals surface area contributed by atoms with Crippen molar-refractivity contribution in [3.8, 4) is 22.4 Å². The normalized spacial score (nSPS) is 10.1. The molecule has 1 heterocycles. The lowest BCUT2D eigenvalue weighted by molar-refractivity contribution is -0.0760. The molecule has 0 bridgehead atoms. The van der Waals surface area contributed by atoms with E-state index in [9.17, 15) is 4.79 Å². The van der Waals surface area contributed by atoms with E-state index < -0.39 is 0 Å². The second kappa shape index (κ2) is 11.2. The minimum absolute atomic E-state index is 0.139. The molecule has 0 unspecified atom stereocenters. The Morgan fingerprint density at radius 3 is 2.14 bits per heavy atom. The van der Waals surface area contributed by atoms with Gasteiger partial charge in [0.1, 0.15) is 11.4 Å². The highest BCUT2D eigenvalue weighted by molar-refractivity contribution is 7.98. The first-order valence-electron chi connectivity index (χ1n) is 9.49. The van der Waals surface area contributed by atoms with E-state index in [1.807, 2.05) is 60.9 Å². The zero-order valence-corrected chi connectivity index (χ0v) is 19.9. The summed E-state index contributed by atoms with van der Waals surface area (Å²) in [5.74, 6) is 6.64. The Morgan fingerprint density at radius 1 is 1.03 bits per heavy atom. The average Bonchev–Trinajstić information content (AvgIpc) is 3.18. The molecule has 0 aliphatic carbocycles. The number of hydroxylamine groups is 2. The molecule has 0 saturated carbocycles. The van der Waals surface area contributed by atoms with Gasteiger partial charge in [0.15, 0.2) is 0 Å². The Bertz CT molecular complexity index is 909. The summed E-state index contributed by atoms with van der Waals surface area (Å²) in [7, 11) is 3.03. The van der Waals surface area contributed by atoms with Crippen molar-refractivity contribution in [1.82, 2.24) is 15.3 Å². The van der Waals surface area contributed by atoms with Crippen molar-refractivity contribution in [3.63, 3.8) is 0 Å². The number of nitrogens with zero attached hydrogens (tertiary/aromatic N) is 2. The molecule has 3 rings (SSSR count). The molecule has 2 aromatic carbocycles. The minimum atomic E-state index is -0.277. The van der Waals surface area contributed by atoms with Gasteiger partial charge in [-0.2, -0.15) is 5.10 Å². The average molecular weight is 426 g/mol. The summed E-state index contributed by atoms with van der Waals surface area (Å²) in [6.07, 6.45) is 2.04. The van der Waals surface area contributed by atoms with Crippen molar-refractivity contribution in [2.45, 2.75) is 22.3 Å². The van der Waals surface area contributed by atoms with Gasteiger partial charge in [-0.05, 0) is 24.0 Å². The maximum atomic E-state index is 12.6. The van der Waals surface area contributed by atoms with Gasteiger partial charge in [0.05, 0.1) is 7.11 Å². The fourth-order valence-corrected chi connectivity index (χ4v) is 2.99. The number of aromatic nitrogens is 2. The molecule has 0 spiro atoms. The third kappa shape index (κ3) is 6.22. The molecule has 7 heteroatoms. The first kappa shape index (κ1) is 23.2. The fraction of sp³-hybridized carbons (Fsp3) is 0.273. The van der Waals surface area contributed by atoms with Crippen molar-refractivity contribution < 1.29 is 9.63 Å². The zero-order valence-electron chi connectivity index (χ0n) is 17.9. The lowest BCUT2D eigenvalue weighted by Gasteiger charge is -2.14. The Labute approximate surface area is 181 Å². The molecule has 3 aromatic rings. The van der Waals surface area contributed by atoms with E-state index in [0.717, 1.165) is 22.4 Å². The van der Waals surface area contributed by atoms with Gasteiger partial charge in [-0.1, -0.05) is 42.5 Å². The summed E-state index contributed by atoms with van der Waals surface area (Å²) < 4.78 is 0. The molecule has 29 heavy (non-hydrogen) atoms. The molecule has 1 amide bonds. The van der Waals surface area contributed by atoms with Crippen LogP contribution in [-0.2, 0) is 4.84 Å². The van der Waals surface area contributed by atoms with Crippen molar-refractivity contribution in [2.75, 3.05) is 20.4 Å². The Morgan fingerprint density at radius 2 is 1.62 bits per heavy atom. The fourth-order valence-electron chi connectivity index (χ4n) is 2.58. The van der Waals surface area contributed by atoms with Crippen molar-refractivity contribution >= 4 is 31.8 Å². The molecule has 0 aliphatic heterocycles. The number of H-pyrrole nitrogens is 1. The van der Waals surface area contributed by atoms with Crippen LogP contribution in [0.2, 0.25) is 17.4 Å². The SMILES string of the molecule is CON(C)C(=O)c1[nH]nc(-c2ccc(SC)cc2)c1-c1ccccc1.[CH3][Al]([CH3])[CH3]. The predicted molar refractivity (Wildman–Crippen MR) is 124 cm³/mol. The Hall–Kier alpha value is -2.04. The van der Waals surface area contributed by atoms with Crippen LogP contribution < -0.4 is 0 Å². The van der Waals surface area contributed by atoms with Crippen molar-refractivity contribution in [2.24, 2.45) is 0 Å². The minimum Gasteiger partial charge on any atom is -0.274 e. The van der Waals surface area contributed by atoms with Gasteiger partial charge < -0.3 is 0 Å². The van der Waals surface area contributed by atoms with Crippen LogP contribution in [0.1, 0.15) is 10.5 Å². The summed E-state index contributed by atoms with van der Waals surface area (Å²) in [4.78, 5) is 18.9. The Kier molecular flexibility index (Phi) is 9.00. The number of carbonyl (C=O) groups excluding carboxylic acids is 1. The smallest absolute Gasteiger partial charge is 0.274 e. The number of hydrogen-bond acceptors (Lipinski definition) is 4. The number of amides is 1. The second-order valence-electron chi connectivity index (χ2n) is 7.13. The predicted octanol–water partition coefficient (Wildman–Crippen LogP) is 5.47. The molecule has 5 nitrogen and oxygen atoms in total. The molecule has 1 aromatic heterocycles. The number of carbonyl (C=O) groups is 1. The van der Waals surface area contributed by atoms with Gasteiger partial charge in [0, 0.05) is 23.1 Å². The molecule has 0 atom stereocenters.